The molecule has 16 heavy (non-hydrogen) atoms. The van der Waals surface area contributed by atoms with Gasteiger partial charge in [-0.3, -0.25) is 0 Å². The van der Waals surface area contributed by atoms with Crippen molar-refractivity contribution in [3.63, 3.8) is 0 Å². The number of para-hydroxylation sites is 2. The summed E-state index contributed by atoms with van der Waals surface area (Å²) in [6, 6.07) is 19.3. The first-order valence-electron chi connectivity index (χ1n) is 5.28. The number of hydrogen-bond donors (Lipinski definition) is 0. The third kappa shape index (κ3) is 1.58. The van der Waals surface area contributed by atoms with Crippen LogP contribution in [0.15, 0.2) is 54.9 Å². The molecule has 0 unspecified atom stereocenters. The van der Waals surface area contributed by atoms with Crippen molar-refractivity contribution in [3.05, 3.63) is 66.5 Å². The fraction of sp³-hybridized carbons (Fsp3) is 0.0714. The quantitative estimate of drug-likeness (QED) is 0.631. The Kier molecular flexibility index (Phi) is 2.18. The summed E-state index contributed by atoms with van der Waals surface area (Å²) in [6.45, 7) is 0.845. The van der Waals surface area contributed by atoms with Crippen LogP contribution in [0.4, 0.5) is 0 Å². The molecule has 0 aliphatic carbocycles. The molecule has 0 saturated heterocycles. The molecule has 2 aromatic carbocycles. The van der Waals surface area contributed by atoms with E-state index in [1.807, 2.05) is 42.7 Å². The van der Waals surface area contributed by atoms with E-state index in [2.05, 4.69) is 27.8 Å². The monoisotopic (exact) mass is 207 g/mol. The van der Waals surface area contributed by atoms with Gasteiger partial charge in [0.1, 0.15) is 0 Å². The van der Waals surface area contributed by atoms with E-state index in [1.165, 1.54) is 11.1 Å². The van der Waals surface area contributed by atoms with Crippen molar-refractivity contribution in [3.8, 4) is 0 Å². The third-order valence-corrected chi connectivity index (χ3v) is 2.65. The van der Waals surface area contributed by atoms with Gasteiger partial charge in [-0.2, -0.15) is 0 Å². The van der Waals surface area contributed by atoms with Gasteiger partial charge in [0.15, 0.2) is 0 Å². The molecule has 77 valence electrons. The Labute approximate surface area is 94.2 Å². The van der Waals surface area contributed by atoms with Crippen LogP contribution in [0.25, 0.3) is 11.0 Å². The molecule has 0 spiro atoms. The standard InChI is InChI=1S/C14H11N2/c1-2-6-12(7-3-1)10-16-11-15-13-8-4-5-9-14(13)16/h1-2,4-9,11H,10H2. The molecule has 2 nitrogen and oxygen atoms in total. The van der Waals surface area contributed by atoms with Gasteiger partial charge < -0.3 is 4.57 Å². The number of aromatic nitrogens is 2. The summed E-state index contributed by atoms with van der Waals surface area (Å²) in [5, 5.41) is 0. The van der Waals surface area contributed by atoms with Gasteiger partial charge in [-0.05, 0) is 29.8 Å². The van der Waals surface area contributed by atoms with E-state index < -0.39 is 0 Å². The molecule has 3 aromatic rings. The highest BCUT2D eigenvalue weighted by Crippen LogP contribution is 2.13. The Hall–Kier alpha value is -2.09. The first-order valence-corrected chi connectivity index (χ1v) is 5.28. The zero-order valence-corrected chi connectivity index (χ0v) is 8.80. The molecule has 1 radical (unpaired) electrons. The normalized spacial score (nSPS) is 10.8. The minimum absolute atomic E-state index is 0.845. The molecule has 0 fully saturated rings. The molecular weight excluding hydrogens is 196 g/mol. The van der Waals surface area contributed by atoms with Crippen LogP contribution in [0.1, 0.15) is 5.56 Å². The topological polar surface area (TPSA) is 17.8 Å². The summed E-state index contributed by atoms with van der Waals surface area (Å²) in [5.74, 6) is 0. The van der Waals surface area contributed by atoms with E-state index in [0.717, 1.165) is 12.1 Å². The molecule has 2 heteroatoms. The Bertz CT molecular complexity index is 596. The minimum Gasteiger partial charge on any atom is -0.326 e. The number of rotatable bonds is 2. The van der Waals surface area contributed by atoms with Crippen LogP contribution in [0, 0.1) is 6.07 Å². The van der Waals surface area contributed by atoms with E-state index in [1.54, 1.807) is 0 Å². The second-order valence-corrected chi connectivity index (χ2v) is 3.77. The summed E-state index contributed by atoms with van der Waals surface area (Å²) in [5.41, 5.74) is 3.46. The lowest BCUT2D eigenvalue weighted by atomic mass is 10.2. The molecule has 0 atom stereocenters. The van der Waals surface area contributed by atoms with Crippen molar-refractivity contribution < 1.29 is 0 Å². The lowest BCUT2D eigenvalue weighted by Gasteiger charge is -2.03. The largest absolute Gasteiger partial charge is 0.326 e. The smallest absolute Gasteiger partial charge is 0.0961 e. The summed E-state index contributed by atoms with van der Waals surface area (Å²) in [6.07, 6.45) is 1.89. The maximum atomic E-state index is 4.37. The number of imidazole rings is 1. The number of fused-ring (bicyclic) bond motifs is 1. The second kappa shape index (κ2) is 3.81. The molecular formula is C14H11N2. The van der Waals surface area contributed by atoms with Crippen molar-refractivity contribution in [2.75, 3.05) is 0 Å². The average molecular weight is 207 g/mol. The van der Waals surface area contributed by atoms with Crippen LogP contribution < -0.4 is 0 Å². The average Bonchev–Trinajstić information content (AvgIpc) is 2.74. The van der Waals surface area contributed by atoms with Gasteiger partial charge in [0, 0.05) is 6.54 Å². The van der Waals surface area contributed by atoms with Gasteiger partial charge in [0.05, 0.1) is 17.4 Å². The highest BCUT2D eigenvalue weighted by atomic mass is 15.0. The number of benzene rings is 2. The van der Waals surface area contributed by atoms with E-state index in [0.29, 0.717) is 0 Å². The Morgan fingerprint density at radius 2 is 2.06 bits per heavy atom. The zero-order chi connectivity index (χ0) is 10.8. The Morgan fingerprint density at radius 1 is 1.12 bits per heavy atom. The predicted molar refractivity (Wildman–Crippen MR) is 64.1 cm³/mol. The van der Waals surface area contributed by atoms with Crippen molar-refractivity contribution in [2.24, 2.45) is 0 Å². The van der Waals surface area contributed by atoms with Crippen LogP contribution in [-0.2, 0) is 6.54 Å². The van der Waals surface area contributed by atoms with Crippen molar-refractivity contribution in [2.45, 2.75) is 6.54 Å². The molecule has 1 aromatic heterocycles. The molecule has 3 rings (SSSR count). The summed E-state index contributed by atoms with van der Waals surface area (Å²) in [4.78, 5) is 4.37. The van der Waals surface area contributed by atoms with Crippen LogP contribution >= 0.6 is 0 Å². The number of hydrogen-bond acceptors (Lipinski definition) is 1. The van der Waals surface area contributed by atoms with Crippen molar-refractivity contribution in [1.82, 2.24) is 9.55 Å². The molecule has 0 amide bonds. The van der Waals surface area contributed by atoms with Gasteiger partial charge in [-0.15, -0.1) is 0 Å². The lowest BCUT2D eigenvalue weighted by molar-refractivity contribution is 0.824. The van der Waals surface area contributed by atoms with Gasteiger partial charge in [-0.25, -0.2) is 4.98 Å². The van der Waals surface area contributed by atoms with Crippen molar-refractivity contribution in [1.29, 1.82) is 0 Å². The van der Waals surface area contributed by atoms with Gasteiger partial charge in [0.25, 0.3) is 0 Å². The van der Waals surface area contributed by atoms with E-state index in [4.69, 9.17) is 0 Å². The van der Waals surface area contributed by atoms with Crippen LogP contribution in [0.3, 0.4) is 0 Å². The summed E-state index contributed by atoms with van der Waals surface area (Å²) < 4.78 is 2.15. The predicted octanol–water partition coefficient (Wildman–Crippen LogP) is 2.88. The maximum absolute atomic E-state index is 4.37. The molecule has 0 bridgehead atoms. The van der Waals surface area contributed by atoms with E-state index in [-0.39, 0.29) is 0 Å². The Balaban J connectivity index is 2.01. The maximum Gasteiger partial charge on any atom is 0.0961 e. The fourth-order valence-electron chi connectivity index (χ4n) is 1.86. The first kappa shape index (κ1) is 9.16. The zero-order valence-electron chi connectivity index (χ0n) is 8.80. The molecule has 1 heterocycles. The van der Waals surface area contributed by atoms with E-state index in [9.17, 15) is 0 Å². The van der Waals surface area contributed by atoms with Crippen molar-refractivity contribution >= 4 is 11.0 Å². The van der Waals surface area contributed by atoms with E-state index >= 15 is 0 Å². The minimum atomic E-state index is 0.845. The molecule has 0 N–H and O–H groups in total. The van der Waals surface area contributed by atoms with Crippen LogP contribution in [0.5, 0.6) is 0 Å². The summed E-state index contributed by atoms with van der Waals surface area (Å²) in [7, 11) is 0. The third-order valence-electron chi connectivity index (χ3n) is 2.65. The van der Waals surface area contributed by atoms with Crippen LogP contribution in [-0.4, -0.2) is 9.55 Å². The van der Waals surface area contributed by atoms with Gasteiger partial charge >= 0.3 is 0 Å². The van der Waals surface area contributed by atoms with Gasteiger partial charge in [-0.1, -0.05) is 30.3 Å². The van der Waals surface area contributed by atoms with Gasteiger partial charge in [0.2, 0.25) is 0 Å². The highest BCUT2D eigenvalue weighted by molar-refractivity contribution is 5.75. The fourth-order valence-corrected chi connectivity index (χ4v) is 1.86. The number of nitrogens with zero attached hydrogens (tertiary/aromatic N) is 2. The lowest BCUT2D eigenvalue weighted by Crippen LogP contribution is -1.97. The molecule has 0 aliphatic rings. The molecule has 0 aliphatic heterocycles. The SMILES string of the molecule is [c]1cccc(Cn2cnc3ccccc32)c1. The summed E-state index contributed by atoms with van der Waals surface area (Å²) >= 11 is 0. The molecule has 0 saturated carbocycles. The second-order valence-electron chi connectivity index (χ2n) is 3.77. The first-order chi connectivity index (χ1) is 7.93. The Morgan fingerprint density at radius 3 is 2.94 bits per heavy atom. The van der Waals surface area contributed by atoms with Crippen LogP contribution in [0.2, 0.25) is 0 Å². The highest BCUT2D eigenvalue weighted by Gasteiger charge is 2.01.